The molecular formula is C15H16N6OS. The van der Waals surface area contributed by atoms with E-state index in [9.17, 15) is 4.79 Å². The van der Waals surface area contributed by atoms with E-state index >= 15 is 0 Å². The number of carbonyl (C=O) groups excluding carboxylic acids is 1. The van der Waals surface area contributed by atoms with E-state index in [1.807, 2.05) is 11.1 Å². The van der Waals surface area contributed by atoms with Crippen LogP contribution >= 0.6 is 11.5 Å². The number of amides is 2. The second kappa shape index (κ2) is 4.95. The molecule has 2 fully saturated rings. The maximum Gasteiger partial charge on any atom is 0.324 e. The molecule has 2 amide bonds. The van der Waals surface area contributed by atoms with Crippen LogP contribution in [0.25, 0.3) is 0 Å². The number of nitrogens with zero attached hydrogens (tertiary/aromatic N) is 5. The largest absolute Gasteiger partial charge is 0.324 e. The molecule has 0 spiro atoms. The highest BCUT2D eigenvalue weighted by Crippen LogP contribution is 2.43. The molecule has 7 nitrogen and oxygen atoms in total. The maximum absolute atomic E-state index is 12.7. The molecule has 1 aliphatic carbocycles. The summed E-state index contributed by atoms with van der Waals surface area (Å²) in [6.45, 7) is 0. The fourth-order valence-corrected chi connectivity index (χ4v) is 4.32. The first kappa shape index (κ1) is 13.4. The Bertz CT molecular complexity index is 773. The van der Waals surface area contributed by atoms with Crippen molar-refractivity contribution in [3.63, 3.8) is 0 Å². The van der Waals surface area contributed by atoms with Gasteiger partial charge in [0.15, 0.2) is 0 Å². The smallest absolute Gasteiger partial charge is 0.314 e. The first-order valence-electron chi connectivity index (χ1n) is 8.01. The van der Waals surface area contributed by atoms with Gasteiger partial charge >= 0.3 is 6.03 Å². The number of nitrogens with one attached hydrogen (secondary N) is 1. The van der Waals surface area contributed by atoms with Crippen LogP contribution in [0.2, 0.25) is 0 Å². The number of anilines is 1. The van der Waals surface area contributed by atoms with E-state index < -0.39 is 0 Å². The van der Waals surface area contributed by atoms with Gasteiger partial charge in [-0.05, 0) is 25.7 Å². The average Bonchev–Trinajstić information content (AvgIpc) is 3.23. The third-order valence-electron chi connectivity index (χ3n) is 4.95. The standard InChI is InChI=1S/C15H16N6OS/c22-15(19-14-18-13(20-23-14)8-1-2-8)21-9-3-4-12(21)10-6-16-7-17-11(10)5-9/h6-9,12H,1-5H2,(H,18,19,20,22). The molecule has 0 aromatic carbocycles. The Morgan fingerprint density at radius 1 is 1.30 bits per heavy atom. The molecule has 23 heavy (non-hydrogen) atoms. The predicted molar refractivity (Wildman–Crippen MR) is 84.2 cm³/mol. The minimum atomic E-state index is -0.0782. The SMILES string of the molecule is O=C(Nc1nc(C2CC2)ns1)N1C2CCC1c1cncnc1C2. The lowest BCUT2D eigenvalue weighted by Crippen LogP contribution is -2.44. The van der Waals surface area contributed by atoms with Crippen LogP contribution in [0.1, 0.15) is 54.7 Å². The highest BCUT2D eigenvalue weighted by Gasteiger charge is 2.43. The molecule has 2 aromatic heterocycles. The van der Waals surface area contributed by atoms with Crippen molar-refractivity contribution in [3.8, 4) is 0 Å². The summed E-state index contributed by atoms with van der Waals surface area (Å²) in [5.41, 5.74) is 2.18. The quantitative estimate of drug-likeness (QED) is 0.915. The highest BCUT2D eigenvalue weighted by molar-refractivity contribution is 7.09. The van der Waals surface area contributed by atoms with Gasteiger partial charge in [-0.15, -0.1) is 0 Å². The van der Waals surface area contributed by atoms with Crippen LogP contribution in [0.5, 0.6) is 0 Å². The van der Waals surface area contributed by atoms with E-state index in [0.717, 1.165) is 49.2 Å². The first-order chi connectivity index (χ1) is 11.3. The summed E-state index contributed by atoms with van der Waals surface area (Å²) in [5, 5.41) is 3.54. The lowest BCUT2D eigenvalue weighted by Gasteiger charge is -2.35. The van der Waals surface area contributed by atoms with Gasteiger partial charge in [-0.2, -0.15) is 4.37 Å². The second-order valence-electron chi connectivity index (χ2n) is 6.45. The molecule has 2 aromatic rings. The molecule has 1 N–H and O–H groups in total. The molecule has 5 rings (SSSR count). The Balaban J connectivity index is 1.38. The van der Waals surface area contributed by atoms with Crippen molar-refractivity contribution in [2.75, 3.05) is 5.32 Å². The van der Waals surface area contributed by atoms with Crippen LogP contribution in [0.15, 0.2) is 12.5 Å². The second-order valence-corrected chi connectivity index (χ2v) is 7.20. The molecule has 8 heteroatoms. The van der Waals surface area contributed by atoms with Gasteiger partial charge in [-0.1, -0.05) is 0 Å². The van der Waals surface area contributed by atoms with Crippen LogP contribution in [0.4, 0.5) is 9.93 Å². The number of carbonyl (C=O) groups is 1. The third kappa shape index (κ3) is 2.20. The highest BCUT2D eigenvalue weighted by atomic mass is 32.1. The zero-order chi connectivity index (χ0) is 15.4. The Kier molecular flexibility index (Phi) is 2.88. The fourth-order valence-electron chi connectivity index (χ4n) is 3.68. The third-order valence-corrected chi connectivity index (χ3v) is 5.59. The van der Waals surface area contributed by atoms with Gasteiger partial charge in [0.25, 0.3) is 0 Å². The van der Waals surface area contributed by atoms with Gasteiger partial charge < -0.3 is 4.90 Å². The van der Waals surface area contributed by atoms with Crippen LogP contribution in [0.3, 0.4) is 0 Å². The van der Waals surface area contributed by atoms with Crippen LogP contribution in [0, 0.1) is 0 Å². The Morgan fingerprint density at radius 2 is 2.22 bits per heavy atom. The van der Waals surface area contributed by atoms with Crippen molar-refractivity contribution in [2.24, 2.45) is 0 Å². The molecule has 1 saturated carbocycles. The molecule has 0 radical (unpaired) electrons. The normalized spacial score (nSPS) is 25.3. The molecule has 4 heterocycles. The summed E-state index contributed by atoms with van der Waals surface area (Å²) in [6.07, 6.45) is 8.57. The van der Waals surface area contributed by atoms with Gasteiger partial charge in [0.2, 0.25) is 5.13 Å². The first-order valence-corrected chi connectivity index (χ1v) is 8.78. The summed E-state index contributed by atoms with van der Waals surface area (Å²) in [6, 6.07) is 0.226. The van der Waals surface area contributed by atoms with E-state index in [2.05, 4.69) is 24.6 Å². The number of rotatable bonds is 2. The maximum atomic E-state index is 12.7. The lowest BCUT2D eigenvalue weighted by molar-refractivity contribution is 0.178. The van der Waals surface area contributed by atoms with Gasteiger partial charge in [0.05, 0.1) is 11.7 Å². The van der Waals surface area contributed by atoms with Gasteiger partial charge in [0.1, 0.15) is 12.2 Å². The van der Waals surface area contributed by atoms with Crippen molar-refractivity contribution in [1.82, 2.24) is 24.2 Å². The Morgan fingerprint density at radius 3 is 3.09 bits per heavy atom. The predicted octanol–water partition coefficient (Wildman–Crippen LogP) is 2.50. The van der Waals surface area contributed by atoms with Crippen LogP contribution in [-0.4, -0.2) is 36.3 Å². The van der Waals surface area contributed by atoms with Gasteiger partial charge in [-0.25, -0.2) is 19.7 Å². The minimum Gasteiger partial charge on any atom is -0.314 e. The summed E-state index contributed by atoms with van der Waals surface area (Å²) in [5.74, 6) is 1.39. The minimum absolute atomic E-state index is 0.0782. The van der Waals surface area contributed by atoms with E-state index in [1.165, 1.54) is 11.5 Å². The summed E-state index contributed by atoms with van der Waals surface area (Å²) >= 11 is 1.27. The molecule has 118 valence electrons. The van der Waals surface area contributed by atoms with Crippen molar-refractivity contribution in [3.05, 3.63) is 29.6 Å². The molecule has 2 aliphatic heterocycles. The Hall–Kier alpha value is -2.09. The van der Waals surface area contributed by atoms with Crippen LogP contribution < -0.4 is 5.32 Å². The average molecular weight is 328 g/mol. The number of hydrogen-bond acceptors (Lipinski definition) is 6. The van der Waals surface area contributed by atoms with E-state index in [4.69, 9.17) is 0 Å². The number of fused-ring (bicyclic) bond motifs is 4. The van der Waals surface area contributed by atoms with Crippen LogP contribution in [-0.2, 0) is 6.42 Å². The number of hydrogen-bond donors (Lipinski definition) is 1. The van der Waals surface area contributed by atoms with E-state index in [1.54, 1.807) is 6.33 Å². The van der Waals surface area contributed by atoms with Gasteiger partial charge in [-0.3, -0.25) is 5.32 Å². The van der Waals surface area contributed by atoms with Gasteiger partial charge in [0, 0.05) is 41.7 Å². The summed E-state index contributed by atoms with van der Waals surface area (Å²) in [4.78, 5) is 27.7. The molecule has 2 bridgehead atoms. The molecule has 2 unspecified atom stereocenters. The fraction of sp³-hybridized carbons (Fsp3) is 0.533. The van der Waals surface area contributed by atoms with Crippen molar-refractivity contribution in [1.29, 1.82) is 0 Å². The van der Waals surface area contributed by atoms with Crippen molar-refractivity contribution >= 4 is 22.7 Å². The number of urea groups is 1. The molecule has 2 atom stereocenters. The summed E-state index contributed by atoms with van der Waals surface area (Å²) < 4.78 is 4.34. The lowest BCUT2D eigenvalue weighted by atomic mass is 10.00. The zero-order valence-corrected chi connectivity index (χ0v) is 13.3. The van der Waals surface area contributed by atoms with Crippen molar-refractivity contribution in [2.45, 2.75) is 50.1 Å². The van der Waals surface area contributed by atoms with Crippen molar-refractivity contribution < 1.29 is 4.79 Å². The molecule has 3 aliphatic rings. The topological polar surface area (TPSA) is 83.9 Å². The molecule has 1 saturated heterocycles. The molecular weight excluding hydrogens is 312 g/mol. The Labute approximate surface area is 137 Å². The number of aromatic nitrogens is 4. The summed E-state index contributed by atoms with van der Waals surface area (Å²) in [7, 11) is 0. The van der Waals surface area contributed by atoms with E-state index in [-0.39, 0.29) is 18.1 Å². The monoisotopic (exact) mass is 328 g/mol. The zero-order valence-electron chi connectivity index (χ0n) is 12.5. The van der Waals surface area contributed by atoms with E-state index in [0.29, 0.717) is 11.0 Å².